The van der Waals surface area contributed by atoms with Crippen LogP contribution in [-0.2, 0) is 0 Å². The lowest BCUT2D eigenvalue weighted by atomic mass is 9.77. The summed E-state index contributed by atoms with van der Waals surface area (Å²) in [6.45, 7) is 8.88. The molecule has 3 nitrogen and oxygen atoms in total. The van der Waals surface area contributed by atoms with Gasteiger partial charge in [-0.1, -0.05) is 81.8 Å². The SMILES string of the molecule is CC.CC.OC1CC(c2ccccc2)N[C@H]2CC(c3cccc(Cl)c3)N(SI)C[C@@H]12. The summed E-state index contributed by atoms with van der Waals surface area (Å²) < 4.78 is 2.39. The molecule has 2 heterocycles. The van der Waals surface area contributed by atoms with Crippen LogP contribution in [0.4, 0.5) is 0 Å². The lowest BCUT2D eigenvalue weighted by molar-refractivity contribution is -0.00689. The molecule has 4 rings (SSSR count). The highest BCUT2D eigenvalue weighted by Crippen LogP contribution is 2.44. The van der Waals surface area contributed by atoms with Crippen LogP contribution in [-0.4, -0.2) is 28.1 Å². The number of hydrogen-bond acceptors (Lipinski definition) is 4. The predicted molar refractivity (Wildman–Crippen MR) is 140 cm³/mol. The van der Waals surface area contributed by atoms with Crippen LogP contribution in [0, 0.1) is 5.92 Å². The van der Waals surface area contributed by atoms with Gasteiger partial charge in [0.05, 0.1) is 6.10 Å². The van der Waals surface area contributed by atoms with Crippen molar-refractivity contribution in [1.82, 2.24) is 9.62 Å². The number of aliphatic hydroxyl groups is 1. The fraction of sp³-hybridized carbons (Fsp3) is 0.500. The molecule has 5 atom stereocenters. The zero-order chi connectivity index (χ0) is 22.1. The zero-order valence-electron chi connectivity index (χ0n) is 18.3. The van der Waals surface area contributed by atoms with Crippen molar-refractivity contribution in [1.29, 1.82) is 0 Å². The van der Waals surface area contributed by atoms with Crippen molar-refractivity contribution in [2.75, 3.05) is 6.54 Å². The standard InChI is InChI=1S/C20H22ClIN2OS.2C2H6/c21-15-8-4-7-14(9-15)19-10-18-16(12-24(19)26-22)20(25)11-17(23-18)13-5-2-1-3-6-13;2*1-2/h1-9,16-20,23,25H,10-12H2;2*1-2H3/t16-,17?,18+,19?,20?;;/m1../s1. The van der Waals surface area contributed by atoms with Crippen LogP contribution in [0.1, 0.15) is 63.7 Å². The van der Waals surface area contributed by atoms with E-state index in [1.165, 1.54) is 11.1 Å². The van der Waals surface area contributed by atoms with Gasteiger partial charge in [0.15, 0.2) is 0 Å². The van der Waals surface area contributed by atoms with E-state index in [0.29, 0.717) is 12.1 Å². The number of rotatable bonds is 3. The van der Waals surface area contributed by atoms with E-state index in [1.807, 2.05) is 45.9 Å². The van der Waals surface area contributed by atoms with Gasteiger partial charge in [-0.3, -0.25) is 0 Å². The molecule has 6 heteroatoms. The van der Waals surface area contributed by atoms with Gasteiger partial charge in [-0.05, 0) is 45.2 Å². The normalized spacial score (nSPS) is 28.3. The number of nitrogens with zero attached hydrogens (tertiary/aromatic N) is 1. The monoisotopic (exact) mass is 560 g/mol. The smallest absolute Gasteiger partial charge is 0.0614 e. The Kier molecular flexibility index (Phi) is 11.5. The summed E-state index contributed by atoms with van der Waals surface area (Å²) in [6.07, 6.45) is 1.46. The first kappa shape index (κ1) is 25.9. The summed E-state index contributed by atoms with van der Waals surface area (Å²) >= 11 is 8.58. The van der Waals surface area contributed by atoms with Gasteiger partial charge in [-0.25, -0.2) is 4.31 Å². The first-order valence-electron chi connectivity index (χ1n) is 11.0. The van der Waals surface area contributed by atoms with Gasteiger partial charge in [0.1, 0.15) is 0 Å². The van der Waals surface area contributed by atoms with Gasteiger partial charge in [-0.15, -0.1) is 0 Å². The molecule has 2 fully saturated rings. The molecule has 0 aliphatic carbocycles. The molecular weight excluding hydrogens is 527 g/mol. The van der Waals surface area contributed by atoms with Crippen LogP contribution in [0.2, 0.25) is 5.02 Å². The second kappa shape index (κ2) is 13.3. The van der Waals surface area contributed by atoms with Crippen LogP contribution >= 0.6 is 41.9 Å². The van der Waals surface area contributed by atoms with Crippen molar-refractivity contribution in [2.45, 2.75) is 64.8 Å². The fourth-order valence-corrected chi connectivity index (χ4v) is 6.37. The van der Waals surface area contributed by atoms with Crippen LogP contribution in [0.25, 0.3) is 0 Å². The van der Waals surface area contributed by atoms with Gasteiger partial charge >= 0.3 is 0 Å². The average Bonchev–Trinajstić information content (AvgIpc) is 2.81. The lowest BCUT2D eigenvalue weighted by Gasteiger charge is -2.49. The molecular formula is C24H34ClIN2OS. The van der Waals surface area contributed by atoms with Crippen molar-refractivity contribution < 1.29 is 5.11 Å². The van der Waals surface area contributed by atoms with Gasteiger partial charge in [0.25, 0.3) is 0 Å². The molecule has 2 aliphatic heterocycles. The molecule has 3 unspecified atom stereocenters. The summed E-state index contributed by atoms with van der Waals surface area (Å²) in [6, 6.07) is 19.5. The predicted octanol–water partition coefficient (Wildman–Crippen LogP) is 7.22. The van der Waals surface area contributed by atoms with E-state index < -0.39 is 0 Å². The number of fused-ring (bicyclic) bond motifs is 1. The molecule has 0 radical (unpaired) electrons. The van der Waals surface area contributed by atoms with E-state index in [4.69, 9.17) is 11.6 Å². The van der Waals surface area contributed by atoms with Crippen LogP contribution < -0.4 is 5.32 Å². The summed E-state index contributed by atoms with van der Waals surface area (Å²) in [5, 5.41) is 15.5. The molecule has 166 valence electrons. The molecule has 2 aromatic rings. The highest BCUT2D eigenvalue weighted by Gasteiger charge is 2.44. The Balaban J connectivity index is 0.000000757. The number of aliphatic hydroxyl groups excluding tert-OH is 1. The highest BCUT2D eigenvalue weighted by atomic mass is 127. The van der Waals surface area contributed by atoms with E-state index in [1.54, 1.807) is 9.12 Å². The molecule has 0 bridgehead atoms. The van der Waals surface area contributed by atoms with Gasteiger partial charge < -0.3 is 10.4 Å². The third kappa shape index (κ3) is 6.36. The largest absolute Gasteiger partial charge is 0.393 e. The van der Waals surface area contributed by atoms with Gasteiger partial charge in [0.2, 0.25) is 0 Å². The minimum absolute atomic E-state index is 0.214. The summed E-state index contributed by atoms with van der Waals surface area (Å²) in [5.41, 5.74) is 2.51. The molecule has 0 amide bonds. The molecule has 0 spiro atoms. The van der Waals surface area contributed by atoms with E-state index in [-0.39, 0.29) is 18.1 Å². The van der Waals surface area contributed by atoms with Crippen LogP contribution in [0.15, 0.2) is 54.6 Å². The lowest BCUT2D eigenvalue weighted by Crippen LogP contribution is -2.57. The summed E-state index contributed by atoms with van der Waals surface area (Å²) in [7, 11) is 1.73. The molecule has 2 saturated heterocycles. The minimum Gasteiger partial charge on any atom is -0.393 e. The van der Waals surface area contributed by atoms with Gasteiger partial charge in [-0.2, -0.15) is 0 Å². The maximum absolute atomic E-state index is 10.9. The Morgan fingerprint density at radius 1 is 1.00 bits per heavy atom. The third-order valence-electron chi connectivity index (χ3n) is 5.64. The maximum atomic E-state index is 10.9. The van der Waals surface area contributed by atoms with Crippen LogP contribution in [0.3, 0.4) is 0 Å². The van der Waals surface area contributed by atoms with Crippen molar-refractivity contribution in [3.05, 3.63) is 70.7 Å². The van der Waals surface area contributed by atoms with Crippen molar-refractivity contribution in [2.24, 2.45) is 5.92 Å². The average molecular weight is 561 g/mol. The maximum Gasteiger partial charge on any atom is 0.0614 e. The first-order valence-corrected chi connectivity index (χ1v) is 14.6. The Bertz CT molecular complexity index is 751. The van der Waals surface area contributed by atoms with E-state index in [2.05, 4.69) is 67.2 Å². The Hall–Kier alpha value is -0.310. The number of piperidine rings is 2. The molecule has 0 saturated carbocycles. The molecule has 2 aromatic carbocycles. The van der Waals surface area contributed by atoms with E-state index in [0.717, 1.165) is 24.4 Å². The van der Waals surface area contributed by atoms with E-state index in [9.17, 15) is 5.11 Å². The number of benzene rings is 2. The van der Waals surface area contributed by atoms with Gasteiger partial charge in [0, 0.05) is 56.8 Å². The first-order chi connectivity index (χ1) is 14.7. The van der Waals surface area contributed by atoms with Crippen molar-refractivity contribution >= 4 is 41.9 Å². The highest BCUT2D eigenvalue weighted by molar-refractivity contribution is 14.2. The molecule has 2 N–H and O–H groups in total. The second-order valence-electron chi connectivity index (χ2n) is 7.18. The number of halogens is 2. The topological polar surface area (TPSA) is 35.5 Å². The molecule has 2 aliphatic rings. The molecule has 0 aromatic heterocycles. The second-order valence-corrected chi connectivity index (χ2v) is 9.40. The van der Waals surface area contributed by atoms with Crippen LogP contribution in [0.5, 0.6) is 0 Å². The Labute approximate surface area is 203 Å². The zero-order valence-corrected chi connectivity index (χ0v) is 22.0. The molecule has 30 heavy (non-hydrogen) atoms. The number of hydrogen-bond donors (Lipinski definition) is 2. The van der Waals surface area contributed by atoms with E-state index >= 15 is 0 Å². The Morgan fingerprint density at radius 2 is 1.67 bits per heavy atom. The van der Waals surface area contributed by atoms with Crippen molar-refractivity contribution in [3.63, 3.8) is 0 Å². The summed E-state index contributed by atoms with van der Waals surface area (Å²) in [4.78, 5) is 0. The summed E-state index contributed by atoms with van der Waals surface area (Å²) in [5.74, 6) is 0.257. The Morgan fingerprint density at radius 3 is 2.30 bits per heavy atom. The number of nitrogens with one attached hydrogen (secondary N) is 1. The minimum atomic E-state index is -0.280. The van der Waals surface area contributed by atoms with Crippen molar-refractivity contribution in [3.8, 4) is 0 Å². The third-order valence-corrected chi connectivity index (χ3v) is 7.98. The fourth-order valence-electron chi connectivity index (χ4n) is 4.33. The quantitative estimate of drug-likeness (QED) is 0.307.